The van der Waals surface area contributed by atoms with E-state index >= 15 is 0 Å². The van der Waals surface area contributed by atoms with Crippen molar-refractivity contribution >= 4 is 23.1 Å². The van der Waals surface area contributed by atoms with Crippen LogP contribution in [0.3, 0.4) is 0 Å². The number of nitrogens with zero attached hydrogens (tertiary/aromatic N) is 3. The van der Waals surface area contributed by atoms with Gasteiger partial charge in [0.1, 0.15) is 11.4 Å². The molecule has 2 amide bonds. The highest BCUT2D eigenvalue weighted by molar-refractivity contribution is 6.36. The molecule has 0 radical (unpaired) electrons. The first-order chi connectivity index (χ1) is 15.5. The van der Waals surface area contributed by atoms with Crippen LogP contribution in [0.4, 0.5) is 5.69 Å². The second kappa shape index (κ2) is 9.06. The lowest BCUT2D eigenvalue weighted by atomic mass is 10.0. The number of pyridine rings is 1. The van der Waals surface area contributed by atoms with Gasteiger partial charge in [0, 0.05) is 18.9 Å². The first kappa shape index (κ1) is 21.3. The fraction of sp³-hybridized carbons (Fsp3) is 0.192. The van der Waals surface area contributed by atoms with E-state index in [2.05, 4.69) is 4.98 Å². The van der Waals surface area contributed by atoms with E-state index in [1.54, 1.807) is 30.3 Å². The predicted octanol–water partition coefficient (Wildman–Crippen LogP) is 4.29. The summed E-state index contributed by atoms with van der Waals surface area (Å²) in [7, 11) is 1.80. The van der Waals surface area contributed by atoms with Crippen molar-refractivity contribution in [1.82, 2.24) is 9.88 Å². The Kier molecular flexibility index (Phi) is 6.03. The molecule has 4 rings (SSSR count). The number of para-hydroxylation sites is 1. The fourth-order valence-corrected chi connectivity index (χ4v) is 3.68. The van der Waals surface area contributed by atoms with Gasteiger partial charge in [0.15, 0.2) is 0 Å². The zero-order valence-corrected chi connectivity index (χ0v) is 18.4. The van der Waals surface area contributed by atoms with E-state index in [9.17, 15) is 9.59 Å². The number of hydrogen-bond acceptors (Lipinski definition) is 5. The molecule has 32 heavy (non-hydrogen) atoms. The summed E-state index contributed by atoms with van der Waals surface area (Å²) in [4.78, 5) is 34.3. The van der Waals surface area contributed by atoms with Gasteiger partial charge in [-0.3, -0.25) is 19.5 Å². The highest BCUT2D eigenvalue weighted by Crippen LogP contribution is 2.34. The summed E-state index contributed by atoms with van der Waals surface area (Å²) in [6.45, 7) is 4.03. The summed E-state index contributed by atoms with van der Waals surface area (Å²) in [5.74, 6) is 0.0323. The number of aromatic nitrogens is 1. The number of ether oxygens (including phenoxy) is 1. The van der Waals surface area contributed by atoms with Gasteiger partial charge < -0.3 is 9.64 Å². The second-order valence-corrected chi connectivity index (χ2v) is 7.83. The molecule has 2 aromatic carbocycles. The highest BCUT2D eigenvalue weighted by atomic mass is 16.5. The van der Waals surface area contributed by atoms with Crippen molar-refractivity contribution < 1.29 is 14.3 Å². The van der Waals surface area contributed by atoms with Crippen molar-refractivity contribution in [1.29, 1.82) is 0 Å². The zero-order chi connectivity index (χ0) is 22.7. The van der Waals surface area contributed by atoms with Gasteiger partial charge in [-0.05, 0) is 55.8 Å². The van der Waals surface area contributed by atoms with E-state index in [1.807, 2.05) is 74.5 Å². The standard InChI is InChI=1S/C26H25N3O3/c1-18(2)32-22-14-12-19(13-15-22)23-24(28(3)21-10-5-4-6-11-21)26(31)29(25(23)30)17-20-9-7-8-16-27-20/h4-16,18H,17H2,1-3H3. The molecule has 6 nitrogen and oxygen atoms in total. The van der Waals surface area contributed by atoms with Crippen LogP contribution < -0.4 is 9.64 Å². The molecule has 0 saturated heterocycles. The first-order valence-corrected chi connectivity index (χ1v) is 10.5. The van der Waals surface area contributed by atoms with Crippen LogP contribution in [0.5, 0.6) is 5.75 Å². The van der Waals surface area contributed by atoms with Crippen LogP contribution >= 0.6 is 0 Å². The number of carbonyl (C=O) groups is 2. The Morgan fingerprint density at radius 1 is 0.906 bits per heavy atom. The van der Waals surface area contributed by atoms with Crippen molar-refractivity contribution in [2.75, 3.05) is 11.9 Å². The monoisotopic (exact) mass is 427 g/mol. The quantitative estimate of drug-likeness (QED) is 0.527. The Hall–Kier alpha value is -3.93. The van der Waals surface area contributed by atoms with E-state index in [0.29, 0.717) is 28.3 Å². The van der Waals surface area contributed by atoms with Crippen LogP contribution in [0.15, 0.2) is 84.7 Å². The third-order valence-electron chi connectivity index (χ3n) is 5.18. The van der Waals surface area contributed by atoms with Gasteiger partial charge in [0.25, 0.3) is 11.8 Å². The Balaban J connectivity index is 1.76. The van der Waals surface area contributed by atoms with E-state index in [0.717, 1.165) is 5.69 Å². The van der Waals surface area contributed by atoms with Gasteiger partial charge >= 0.3 is 0 Å². The molecule has 0 spiro atoms. The molecule has 0 aliphatic carbocycles. The van der Waals surface area contributed by atoms with Gasteiger partial charge in [-0.1, -0.05) is 36.4 Å². The molecule has 1 aliphatic rings. The maximum atomic E-state index is 13.5. The van der Waals surface area contributed by atoms with Gasteiger partial charge in [0.05, 0.1) is 23.9 Å². The maximum Gasteiger partial charge on any atom is 0.278 e. The van der Waals surface area contributed by atoms with Gasteiger partial charge in [-0.25, -0.2) is 0 Å². The molecule has 0 fully saturated rings. The van der Waals surface area contributed by atoms with E-state index in [1.165, 1.54) is 4.90 Å². The molecular formula is C26H25N3O3. The summed E-state index contributed by atoms with van der Waals surface area (Å²) in [6.07, 6.45) is 1.70. The molecule has 2 heterocycles. The molecule has 1 aliphatic heterocycles. The number of hydrogen-bond donors (Lipinski definition) is 0. The van der Waals surface area contributed by atoms with Crippen LogP contribution in [-0.4, -0.2) is 34.8 Å². The number of imide groups is 1. The van der Waals surface area contributed by atoms with Gasteiger partial charge in [-0.2, -0.15) is 0 Å². The average molecular weight is 428 g/mol. The Morgan fingerprint density at radius 3 is 2.22 bits per heavy atom. The summed E-state index contributed by atoms with van der Waals surface area (Å²) in [6, 6.07) is 22.3. The third-order valence-corrected chi connectivity index (χ3v) is 5.18. The summed E-state index contributed by atoms with van der Waals surface area (Å²) in [5, 5.41) is 0. The van der Waals surface area contributed by atoms with Crippen LogP contribution in [0.2, 0.25) is 0 Å². The van der Waals surface area contributed by atoms with Gasteiger partial charge in [0.2, 0.25) is 0 Å². The number of carbonyl (C=O) groups excluding carboxylic acids is 2. The Labute approximate surface area is 187 Å². The summed E-state index contributed by atoms with van der Waals surface area (Å²) < 4.78 is 5.73. The SMILES string of the molecule is CC(C)Oc1ccc(C2=C(N(C)c3ccccc3)C(=O)N(Cc3ccccn3)C2=O)cc1. The number of benzene rings is 2. The largest absolute Gasteiger partial charge is 0.491 e. The number of amides is 2. The highest BCUT2D eigenvalue weighted by Gasteiger charge is 2.41. The maximum absolute atomic E-state index is 13.5. The molecule has 0 unspecified atom stereocenters. The lowest BCUT2D eigenvalue weighted by Crippen LogP contribution is -2.34. The predicted molar refractivity (Wildman–Crippen MR) is 124 cm³/mol. The van der Waals surface area contributed by atoms with Crippen LogP contribution in [0.1, 0.15) is 25.1 Å². The number of rotatable bonds is 7. The average Bonchev–Trinajstić information content (AvgIpc) is 3.05. The number of likely N-dealkylation sites (N-methyl/N-ethyl adjacent to an activating group) is 1. The van der Waals surface area contributed by atoms with Crippen molar-refractivity contribution in [2.24, 2.45) is 0 Å². The second-order valence-electron chi connectivity index (χ2n) is 7.83. The minimum Gasteiger partial charge on any atom is -0.491 e. The lowest BCUT2D eigenvalue weighted by Gasteiger charge is -2.21. The Morgan fingerprint density at radius 2 is 1.59 bits per heavy atom. The zero-order valence-electron chi connectivity index (χ0n) is 18.4. The minimum absolute atomic E-state index is 0.0448. The molecule has 6 heteroatoms. The molecular weight excluding hydrogens is 402 g/mol. The van der Waals surface area contributed by atoms with Crippen molar-refractivity contribution in [3.05, 3.63) is 95.9 Å². The topological polar surface area (TPSA) is 62.7 Å². The molecule has 0 N–H and O–H groups in total. The summed E-state index contributed by atoms with van der Waals surface area (Å²) in [5.41, 5.74) is 2.85. The van der Waals surface area contributed by atoms with E-state index in [4.69, 9.17) is 4.74 Å². The van der Waals surface area contributed by atoms with E-state index in [-0.39, 0.29) is 24.5 Å². The molecule has 1 aromatic heterocycles. The fourth-order valence-electron chi connectivity index (χ4n) is 3.68. The minimum atomic E-state index is -0.343. The van der Waals surface area contributed by atoms with Crippen molar-refractivity contribution in [2.45, 2.75) is 26.5 Å². The third kappa shape index (κ3) is 4.25. The first-order valence-electron chi connectivity index (χ1n) is 10.5. The Bertz CT molecular complexity index is 1140. The van der Waals surface area contributed by atoms with Gasteiger partial charge in [-0.15, -0.1) is 0 Å². The molecule has 0 bridgehead atoms. The lowest BCUT2D eigenvalue weighted by molar-refractivity contribution is -0.137. The van der Waals surface area contributed by atoms with E-state index < -0.39 is 0 Å². The number of anilines is 1. The van der Waals surface area contributed by atoms with Crippen LogP contribution in [-0.2, 0) is 16.1 Å². The normalized spacial score (nSPS) is 13.8. The molecule has 0 saturated carbocycles. The van der Waals surface area contributed by atoms with Crippen LogP contribution in [0, 0.1) is 0 Å². The van der Waals surface area contributed by atoms with Crippen molar-refractivity contribution in [3.8, 4) is 5.75 Å². The molecule has 0 atom stereocenters. The molecule has 162 valence electrons. The van der Waals surface area contributed by atoms with Crippen molar-refractivity contribution in [3.63, 3.8) is 0 Å². The van der Waals surface area contributed by atoms with Crippen LogP contribution in [0.25, 0.3) is 5.57 Å². The summed E-state index contributed by atoms with van der Waals surface area (Å²) >= 11 is 0. The smallest absolute Gasteiger partial charge is 0.278 e. The molecule has 3 aromatic rings.